The van der Waals surface area contributed by atoms with Crippen LogP contribution in [0.5, 0.6) is 0 Å². The van der Waals surface area contributed by atoms with Gasteiger partial charge < -0.3 is 10.8 Å². The van der Waals surface area contributed by atoms with Gasteiger partial charge in [-0.3, -0.25) is 0 Å². The molecule has 1 rings (SSSR count). The zero-order valence-electron chi connectivity index (χ0n) is 10.2. The minimum atomic E-state index is -0.598. The average molecular weight is 260 g/mol. The molecule has 0 saturated carbocycles. The molecule has 0 aliphatic carbocycles. The highest BCUT2D eigenvalue weighted by molar-refractivity contribution is 6.31. The van der Waals surface area contributed by atoms with E-state index in [0.717, 1.165) is 0 Å². The lowest BCUT2D eigenvalue weighted by Crippen LogP contribution is -2.33. The number of hydrogen-bond acceptors (Lipinski definition) is 2. The fourth-order valence-corrected chi connectivity index (χ4v) is 2.16. The zero-order valence-corrected chi connectivity index (χ0v) is 10.9. The molecule has 0 bridgehead atoms. The third kappa shape index (κ3) is 3.66. The van der Waals surface area contributed by atoms with Crippen LogP contribution in [0.3, 0.4) is 0 Å². The van der Waals surface area contributed by atoms with Crippen molar-refractivity contribution in [2.24, 2.45) is 17.6 Å². The third-order valence-electron chi connectivity index (χ3n) is 3.08. The molecule has 2 atom stereocenters. The van der Waals surface area contributed by atoms with Crippen molar-refractivity contribution in [2.75, 3.05) is 6.54 Å². The summed E-state index contributed by atoms with van der Waals surface area (Å²) < 4.78 is 13.2. The van der Waals surface area contributed by atoms with Crippen molar-refractivity contribution in [3.8, 4) is 0 Å². The van der Waals surface area contributed by atoms with Gasteiger partial charge >= 0.3 is 0 Å². The predicted octanol–water partition coefficient (Wildman–Crippen LogP) is 2.61. The van der Waals surface area contributed by atoms with Gasteiger partial charge in [-0.15, -0.1) is 0 Å². The molecule has 0 fully saturated rings. The van der Waals surface area contributed by atoms with Crippen molar-refractivity contribution < 1.29 is 9.50 Å². The Morgan fingerprint density at radius 3 is 2.59 bits per heavy atom. The minimum Gasteiger partial charge on any atom is -0.392 e. The average Bonchev–Trinajstić information content (AvgIpc) is 2.25. The second kappa shape index (κ2) is 6.34. The van der Waals surface area contributed by atoms with Crippen LogP contribution in [-0.2, 0) is 6.42 Å². The van der Waals surface area contributed by atoms with Gasteiger partial charge in [0, 0.05) is 6.42 Å². The van der Waals surface area contributed by atoms with Crippen LogP contribution >= 0.6 is 11.6 Å². The molecule has 4 heteroatoms. The highest BCUT2D eigenvalue weighted by atomic mass is 35.5. The summed E-state index contributed by atoms with van der Waals surface area (Å²) in [6, 6.07) is 4.62. The van der Waals surface area contributed by atoms with E-state index < -0.39 is 11.9 Å². The summed E-state index contributed by atoms with van der Waals surface area (Å²) in [5, 5.41) is 10.2. The number of aliphatic hydroxyl groups excluding tert-OH is 1. The lowest BCUT2D eigenvalue weighted by Gasteiger charge is -2.25. The summed E-state index contributed by atoms with van der Waals surface area (Å²) in [5.74, 6) is -0.179. The van der Waals surface area contributed by atoms with E-state index in [1.807, 2.05) is 13.8 Å². The molecular weight excluding hydrogens is 241 g/mol. The van der Waals surface area contributed by atoms with Gasteiger partial charge in [0.1, 0.15) is 5.82 Å². The molecule has 1 aromatic rings. The van der Waals surface area contributed by atoms with E-state index >= 15 is 0 Å². The Hall–Kier alpha value is -0.640. The van der Waals surface area contributed by atoms with Crippen LogP contribution in [0.2, 0.25) is 5.02 Å². The maximum Gasteiger partial charge on any atom is 0.142 e. The van der Waals surface area contributed by atoms with Crippen LogP contribution in [0.25, 0.3) is 0 Å². The molecule has 0 spiro atoms. The van der Waals surface area contributed by atoms with Gasteiger partial charge in [0.25, 0.3) is 0 Å². The first-order chi connectivity index (χ1) is 7.97. The molecule has 0 saturated heterocycles. The first-order valence-corrected chi connectivity index (χ1v) is 6.16. The molecule has 2 unspecified atom stereocenters. The van der Waals surface area contributed by atoms with Crippen LogP contribution in [0.15, 0.2) is 18.2 Å². The Balaban J connectivity index is 2.80. The number of aliphatic hydroxyl groups is 1. The Morgan fingerprint density at radius 1 is 1.41 bits per heavy atom. The predicted molar refractivity (Wildman–Crippen MR) is 68.5 cm³/mol. The van der Waals surface area contributed by atoms with Crippen molar-refractivity contribution in [1.29, 1.82) is 0 Å². The number of rotatable bonds is 5. The molecule has 96 valence electrons. The van der Waals surface area contributed by atoms with Crippen molar-refractivity contribution >= 4 is 11.6 Å². The van der Waals surface area contributed by atoms with Crippen molar-refractivity contribution in [3.05, 3.63) is 34.6 Å². The summed E-state index contributed by atoms with van der Waals surface area (Å²) in [5.41, 5.74) is 6.25. The van der Waals surface area contributed by atoms with E-state index in [-0.39, 0.29) is 16.9 Å². The smallest absolute Gasteiger partial charge is 0.142 e. The van der Waals surface area contributed by atoms with Crippen LogP contribution in [0.1, 0.15) is 19.4 Å². The second-order valence-corrected chi connectivity index (χ2v) is 5.01. The Morgan fingerprint density at radius 2 is 2.06 bits per heavy atom. The number of halogens is 2. The molecule has 0 aromatic heterocycles. The SMILES string of the molecule is CC(C)C(CN)C(O)Cc1cccc(F)c1Cl. The molecule has 3 N–H and O–H groups in total. The van der Waals surface area contributed by atoms with Gasteiger partial charge in [-0.1, -0.05) is 37.6 Å². The van der Waals surface area contributed by atoms with E-state index in [1.165, 1.54) is 6.07 Å². The minimum absolute atomic E-state index is 0.00525. The van der Waals surface area contributed by atoms with Gasteiger partial charge in [0.15, 0.2) is 0 Å². The molecule has 0 aliphatic rings. The van der Waals surface area contributed by atoms with E-state index in [1.54, 1.807) is 12.1 Å². The molecular formula is C13H19ClFNO. The fourth-order valence-electron chi connectivity index (χ4n) is 1.96. The molecule has 1 aromatic carbocycles. The third-order valence-corrected chi connectivity index (χ3v) is 3.51. The van der Waals surface area contributed by atoms with Gasteiger partial charge in [0.05, 0.1) is 11.1 Å². The van der Waals surface area contributed by atoms with Crippen LogP contribution in [0, 0.1) is 17.7 Å². The number of benzene rings is 1. The first kappa shape index (κ1) is 14.4. The molecule has 0 heterocycles. The Bertz CT molecular complexity index is 370. The van der Waals surface area contributed by atoms with Gasteiger partial charge in [0.2, 0.25) is 0 Å². The summed E-state index contributed by atoms with van der Waals surface area (Å²) >= 11 is 5.85. The molecule has 0 aliphatic heterocycles. The summed E-state index contributed by atoms with van der Waals surface area (Å²) in [6.45, 7) is 4.42. The standard InChI is InChI=1S/C13H19ClFNO/c1-8(2)10(7-16)12(17)6-9-4-3-5-11(15)13(9)14/h3-5,8,10,12,17H,6-7,16H2,1-2H3. The highest BCUT2D eigenvalue weighted by Crippen LogP contribution is 2.24. The number of hydrogen-bond donors (Lipinski definition) is 2. The van der Waals surface area contributed by atoms with Gasteiger partial charge in [-0.05, 0) is 30.0 Å². The summed E-state index contributed by atoms with van der Waals surface area (Å²) in [4.78, 5) is 0. The molecule has 2 nitrogen and oxygen atoms in total. The van der Waals surface area contributed by atoms with Gasteiger partial charge in [-0.2, -0.15) is 0 Å². The van der Waals surface area contributed by atoms with Crippen molar-refractivity contribution in [3.63, 3.8) is 0 Å². The van der Waals surface area contributed by atoms with Crippen LogP contribution < -0.4 is 5.73 Å². The lowest BCUT2D eigenvalue weighted by molar-refractivity contribution is 0.0863. The van der Waals surface area contributed by atoms with Crippen molar-refractivity contribution in [1.82, 2.24) is 0 Å². The van der Waals surface area contributed by atoms with E-state index in [0.29, 0.717) is 18.5 Å². The molecule has 0 amide bonds. The fraction of sp³-hybridized carbons (Fsp3) is 0.538. The highest BCUT2D eigenvalue weighted by Gasteiger charge is 2.22. The largest absolute Gasteiger partial charge is 0.392 e. The number of nitrogens with two attached hydrogens (primary N) is 1. The Labute approximate surface area is 107 Å². The van der Waals surface area contributed by atoms with E-state index in [9.17, 15) is 9.50 Å². The topological polar surface area (TPSA) is 46.2 Å². The molecule has 17 heavy (non-hydrogen) atoms. The van der Waals surface area contributed by atoms with E-state index in [4.69, 9.17) is 17.3 Å². The van der Waals surface area contributed by atoms with Crippen LogP contribution in [-0.4, -0.2) is 17.8 Å². The van der Waals surface area contributed by atoms with Crippen molar-refractivity contribution in [2.45, 2.75) is 26.4 Å². The maximum atomic E-state index is 13.2. The molecule has 0 radical (unpaired) electrons. The summed E-state index contributed by atoms with van der Waals surface area (Å²) in [7, 11) is 0. The quantitative estimate of drug-likeness (QED) is 0.854. The summed E-state index contributed by atoms with van der Waals surface area (Å²) in [6.07, 6.45) is -0.268. The second-order valence-electron chi connectivity index (χ2n) is 4.63. The normalized spacial score (nSPS) is 15.0. The Kier molecular flexibility index (Phi) is 5.37. The monoisotopic (exact) mass is 259 g/mol. The van der Waals surface area contributed by atoms with E-state index in [2.05, 4.69) is 0 Å². The van der Waals surface area contributed by atoms with Crippen LogP contribution in [0.4, 0.5) is 4.39 Å². The zero-order chi connectivity index (χ0) is 13.0. The first-order valence-electron chi connectivity index (χ1n) is 5.78. The van der Waals surface area contributed by atoms with Gasteiger partial charge in [-0.25, -0.2) is 4.39 Å². The maximum absolute atomic E-state index is 13.2. The lowest BCUT2D eigenvalue weighted by atomic mass is 9.87.